The van der Waals surface area contributed by atoms with Crippen LogP contribution in [0.25, 0.3) is 0 Å². The van der Waals surface area contributed by atoms with Crippen LogP contribution in [0.2, 0.25) is 0 Å². The molecule has 0 aliphatic rings. The van der Waals surface area contributed by atoms with Gasteiger partial charge in [0.25, 0.3) is 0 Å². The highest BCUT2D eigenvalue weighted by Gasteiger charge is 2.45. The van der Waals surface area contributed by atoms with Gasteiger partial charge in [0.15, 0.2) is 23.3 Å². The van der Waals surface area contributed by atoms with Gasteiger partial charge in [0.1, 0.15) is 23.5 Å². The van der Waals surface area contributed by atoms with Crippen LogP contribution in [0.3, 0.4) is 0 Å². The minimum atomic E-state index is -5.84. The molecule has 0 fully saturated rings. The zero-order valence-electron chi connectivity index (χ0n) is 14.6. The van der Waals surface area contributed by atoms with Crippen LogP contribution in [0.1, 0.15) is 17.0 Å². The molecule has 31 heavy (non-hydrogen) atoms. The average molecular weight is 468 g/mol. The summed E-state index contributed by atoms with van der Waals surface area (Å²) in [5.41, 5.74) is -9.27. The zero-order valence-corrected chi connectivity index (χ0v) is 14.6. The third kappa shape index (κ3) is 4.38. The number of carbonyl (C=O) groups is 1. The van der Waals surface area contributed by atoms with Gasteiger partial charge in [-0.15, -0.1) is 0 Å². The molecule has 1 aromatic carbocycles. The minimum absolute atomic E-state index is 0.100. The number of halogens is 10. The fourth-order valence-electron chi connectivity index (χ4n) is 2.41. The molecule has 0 aliphatic heterocycles. The van der Waals surface area contributed by atoms with Crippen LogP contribution in [-0.4, -0.2) is 20.6 Å². The number of rotatable bonds is 4. The summed E-state index contributed by atoms with van der Waals surface area (Å²) in [6, 6.07) is 0. The van der Waals surface area contributed by atoms with Gasteiger partial charge in [0.05, 0.1) is 4.92 Å². The molecule has 0 atom stereocenters. The lowest BCUT2D eigenvalue weighted by atomic mass is 10.1. The molecule has 0 saturated heterocycles. The summed E-state index contributed by atoms with van der Waals surface area (Å²) in [6.45, 7) is -0.641. The van der Waals surface area contributed by atoms with Crippen LogP contribution in [0, 0.1) is 40.3 Å². The van der Waals surface area contributed by atoms with Crippen LogP contribution >= 0.6 is 0 Å². The fourth-order valence-corrected chi connectivity index (χ4v) is 2.41. The van der Waals surface area contributed by atoms with E-state index in [1.165, 1.54) is 0 Å². The summed E-state index contributed by atoms with van der Waals surface area (Å²) in [6.07, 6.45) is -11.2. The highest BCUT2D eigenvalue weighted by molar-refractivity contribution is 5.91. The molecular formula is C14H6F10N4O3. The van der Waals surface area contributed by atoms with Crippen molar-refractivity contribution in [3.8, 4) is 0 Å². The normalized spacial score (nSPS) is 12.2. The Morgan fingerprint density at radius 1 is 1.00 bits per heavy atom. The van der Waals surface area contributed by atoms with E-state index >= 15 is 0 Å². The van der Waals surface area contributed by atoms with E-state index in [0.717, 1.165) is 12.2 Å². The molecule has 0 saturated carbocycles. The highest BCUT2D eigenvalue weighted by Crippen LogP contribution is 2.39. The van der Waals surface area contributed by atoms with Gasteiger partial charge >= 0.3 is 18.0 Å². The van der Waals surface area contributed by atoms with Gasteiger partial charge in [0, 0.05) is 0 Å². The third-order valence-electron chi connectivity index (χ3n) is 3.73. The van der Waals surface area contributed by atoms with E-state index in [4.69, 9.17) is 0 Å². The molecule has 17 heteroatoms. The number of hydrogen-bond donors (Lipinski definition) is 1. The van der Waals surface area contributed by atoms with E-state index in [2.05, 4.69) is 5.10 Å². The second-order valence-electron chi connectivity index (χ2n) is 5.75. The first kappa shape index (κ1) is 23.9. The number of anilines is 1. The number of amides is 1. The molecule has 7 nitrogen and oxygen atoms in total. The summed E-state index contributed by atoms with van der Waals surface area (Å²) < 4.78 is 131. The first-order valence-corrected chi connectivity index (χ1v) is 7.50. The van der Waals surface area contributed by atoms with Crippen molar-refractivity contribution in [2.45, 2.75) is 25.8 Å². The van der Waals surface area contributed by atoms with Gasteiger partial charge in [-0.05, 0) is 6.92 Å². The number of carbonyl (C=O) groups excluding carboxylic acids is 1. The number of alkyl halides is 6. The first-order chi connectivity index (χ1) is 14.0. The molecule has 0 bridgehead atoms. The molecule has 2 aromatic rings. The van der Waals surface area contributed by atoms with Crippen LogP contribution < -0.4 is 5.32 Å². The van der Waals surface area contributed by atoms with Gasteiger partial charge in [-0.1, -0.05) is 0 Å². The van der Waals surface area contributed by atoms with Crippen molar-refractivity contribution in [3.05, 3.63) is 50.3 Å². The highest BCUT2D eigenvalue weighted by atomic mass is 19.4. The van der Waals surface area contributed by atoms with E-state index in [1.54, 1.807) is 0 Å². The second kappa shape index (κ2) is 7.69. The van der Waals surface area contributed by atoms with Crippen molar-refractivity contribution < 1.29 is 53.6 Å². The molecule has 0 spiro atoms. The smallest absolute Gasteiger partial charge is 0.319 e. The molecule has 0 unspecified atom stereocenters. The van der Waals surface area contributed by atoms with Crippen molar-refractivity contribution in [2.24, 2.45) is 0 Å². The van der Waals surface area contributed by atoms with E-state index in [1.807, 2.05) is 0 Å². The van der Waals surface area contributed by atoms with Gasteiger partial charge in [-0.3, -0.25) is 19.6 Å². The van der Waals surface area contributed by atoms with Crippen LogP contribution in [0.4, 0.5) is 55.3 Å². The summed E-state index contributed by atoms with van der Waals surface area (Å²) in [4.78, 5) is 21.2. The van der Waals surface area contributed by atoms with Crippen LogP contribution in [0.5, 0.6) is 0 Å². The molecule has 2 rings (SSSR count). The molecule has 0 aliphatic carbocycles. The molecule has 1 amide bonds. The summed E-state index contributed by atoms with van der Waals surface area (Å²) in [5, 5.41) is 14.8. The maximum Gasteiger partial charge on any atom is 0.442 e. The molecule has 1 N–H and O–H groups in total. The van der Waals surface area contributed by atoms with E-state index in [0.29, 0.717) is 0 Å². The average Bonchev–Trinajstić information content (AvgIpc) is 2.93. The zero-order chi connectivity index (χ0) is 24.0. The number of aromatic nitrogens is 2. The molecular weight excluding hydrogens is 462 g/mol. The molecule has 170 valence electrons. The summed E-state index contributed by atoms with van der Waals surface area (Å²) in [5.74, 6) is -12.8. The summed E-state index contributed by atoms with van der Waals surface area (Å²) in [7, 11) is 0. The Hall–Kier alpha value is -3.40. The molecule has 0 radical (unpaired) electrons. The number of benzene rings is 1. The van der Waals surface area contributed by atoms with E-state index in [9.17, 15) is 58.8 Å². The SMILES string of the molecule is Cc1c([N+](=O)[O-])c(C(F)(F)F)nn1CC(=O)Nc1c(F)c(F)c(C(F)(F)F)c(F)c1F. The van der Waals surface area contributed by atoms with E-state index < -0.39 is 81.3 Å². The largest absolute Gasteiger partial charge is 0.442 e. The maximum absolute atomic E-state index is 13.8. The first-order valence-electron chi connectivity index (χ1n) is 7.50. The number of nitro groups is 1. The maximum atomic E-state index is 13.8. The van der Waals surface area contributed by atoms with Crippen LogP contribution in [0.15, 0.2) is 0 Å². The standard InChI is InChI=1S/C14H6F10N4O3/c1-3-11(28(30)31)12(14(22,23)24)26-27(3)2-4(29)25-10-8(17)6(15)5(13(19,20)21)7(16)9(10)18/h2H2,1H3,(H,25,29). The third-order valence-corrected chi connectivity index (χ3v) is 3.73. The Bertz CT molecular complexity index is 1040. The minimum Gasteiger partial charge on any atom is -0.319 e. The lowest BCUT2D eigenvalue weighted by molar-refractivity contribution is -0.388. The van der Waals surface area contributed by atoms with Crippen molar-refractivity contribution in [1.29, 1.82) is 0 Å². The lowest BCUT2D eigenvalue weighted by Gasteiger charge is -2.14. The Balaban J connectivity index is 2.44. The quantitative estimate of drug-likeness (QED) is 0.313. The molecule has 1 aromatic heterocycles. The monoisotopic (exact) mass is 468 g/mol. The topological polar surface area (TPSA) is 90.1 Å². The van der Waals surface area contributed by atoms with Crippen molar-refractivity contribution in [2.75, 3.05) is 5.32 Å². The number of nitrogens with one attached hydrogen (secondary N) is 1. The molecule has 1 heterocycles. The Morgan fingerprint density at radius 3 is 1.84 bits per heavy atom. The predicted octanol–water partition coefficient (Wildman–Crippen LogP) is 4.33. The fraction of sp³-hybridized carbons (Fsp3) is 0.286. The van der Waals surface area contributed by atoms with Crippen molar-refractivity contribution in [1.82, 2.24) is 9.78 Å². The Morgan fingerprint density at radius 2 is 1.48 bits per heavy atom. The van der Waals surface area contributed by atoms with Crippen molar-refractivity contribution in [3.63, 3.8) is 0 Å². The number of hydrogen-bond acceptors (Lipinski definition) is 4. The van der Waals surface area contributed by atoms with Gasteiger partial charge in [-0.2, -0.15) is 31.4 Å². The second-order valence-corrected chi connectivity index (χ2v) is 5.75. The van der Waals surface area contributed by atoms with Gasteiger partial charge in [0.2, 0.25) is 11.6 Å². The summed E-state index contributed by atoms with van der Waals surface area (Å²) >= 11 is 0. The van der Waals surface area contributed by atoms with Crippen molar-refractivity contribution >= 4 is 17.3 Å². The van der Waals surface area contributed by atoms with Gasteiger partial charge < -0.3 is 5.32 Å². The Labute approximate surface area is 163 Å². The predicted molar refractivity (Wildman–Crippen MR) is 78.5 cm³/mol. The van der Waals surface area contributed by atoms with Gasteiger partial charge in [-0.25, -0.2) is 17.6 Å². The number of nitrogens with zero attached hydrogens (tertiary/aromatic N) is 3. The Kier molecular flexibility index (Phi) is 5.93. The lowest BCUT2D eigenvalue weighted by Crippen LogP contribution is -2.24. The van der Waals surface area contributed by atoms with Crippen LogP contribution in [-0.2, 0) is 23.7 Å². The van der Waals surface area contributed by atoms with E-state index in [-0.39, 0.29) is 4.68 Å².